The maximum Gasteiger partial charge on any atom is 0.334 e. The Bertz CT molecular complexity index is 228. The first-order chi connectivity index (χ1) is 9.30. The zero-order valence-corrected chi connectivity index (χ0v) is 12.2. The smallest absolute Gasteiger partial charge is 0.334 e. The zero-order valence-electron chi connectivity index (χ0n) is 12.2. The van der Waals surface area contributed by atoms with Gasteiger partial charge < -0.3 is 9.84 Å². The van der Waals surface area contributed by atoms with E-state index in [1.54, 1.807) is 0 Å². The van der Waals surface area contributed by atoms with Crippen LogP contribution in [0.3, 0.4) is 0 Å². The first-order valence-electron chi connectivity index (χ1n) is 8.15. The summed E-state index contributed by atoms with van der Waals surface area (Å²) in [5.74, 6) is -0.427. The molecule has 0 aromatic heterocycles. The molecular weight excluding hydrogens is 240 g/mol. The average molecular weight is 270 g/mol. The molecule has 0 aliphatic carbocycles. The number of rotatable bonds is 0. The summed E-state index contributed by atoms with van der Waals surface area (Å²) in [6, 6.07) is 0. The van der Waals surface area contributed by atoms with Crippen LogP contribution in [0.2, 0.25) is 0 Å². The van der Waals surface area contributed by atoms with Gasteiger partial charge in [0.25, 0.3) is 0 Å². The van der Waals surface area contributed by atoms with Gasteiger partial charge in [0.1, 0.15) is 0 Å². The van der Waals surface area contributed by atoms with Gasteiger partial charge >= 0.3 is 5.97 Å². The second-order valence-corrected chi connectivity index (χ2v) is 5.71. The lowest BCUT2D eigenvalue weighted by molar-refractivity contribution is -0.154. The minimum absolute atomic E-state index is 0.427. The van der Waals surface area contributed by atoms with Gasteiger partial charge in [-0.2, -0.15) is 0 Å². The Labute approximate surface area is 117 Å². The molecule has 0 bridgehead atoms. The van der Waals surface area contributed by atoms with Gasteiger partial charge in [0.05, 0.1) is 6.61 Å². The normalized spacial score (nSPS) is 26.4. The highest BCUT2D eigenvalue weighted by Gasteiger charge is 2.15. The maximum atomic E-state index is 11.5. The molecule has 112 valence electrons. The summed E-state index contributed by atoms with van der Waals surface area (Å²) in [5, 5.41) is 9.66. The van der Waals surface area contributed by atoms with Crippen LogP contribution >= 0.6 is 0 Å². The van der Waals surface area contributed by atoms with Gasteiger partial charge in [-0.25, -0.2) is 4.79 Å². The molecule has 1 unspecified atom stereocenters. The lowest BCUT2D eigenvalue weighted by Gasteiger charge is -2.10. The molecule has 1 aliphatic rings. The number of ether oxygens (including phenoxy) is 1. The van der Waals surface area contributed by atoms with Crippen molar-refractivity contribution in [3.8, 4) is 0 Å². The third kappa shape index (κ3) is 9.04. The topological polar surface area (TPSA) is 46.5 Å². The lowest BCUT2D eigenvalue weighted by Crippen LogP contribution is -2.23. The van der Waals surface area contributed by atoms with E-state index in [0.717, 1.165) is 25.7 Å². The number of hydrogen-bond acceptors (Lipinski definition) is 3. The minimum atomic E-state index is -0.907. The summed E-state index contributed by atoms with van der Waals surface area (Å²) in [7, 11) is 0. The molecule has 1 rings (SSSR count). The van der Waals surface area contributed by atoms with Crippen LogP contribution in [0, 0.1) is 0 Å². The minimum Gasteiger partial charge on any atom is -0.464 e. The predicted molar refractivity (Wildman–Crippen MR) is 77.0 cm³/mol. The number of hydrogen-bond donors (Lipinski definition) is 1. The SMILES string of the molecule is O=C1OCCCCCCCCCCCCCCC1O. The molecule has 3 heteroatoms. The zero-order chi connectivity index (χ0) is 13.8. The van der Waals surface area contributed by atoms with E-state index in [4.69, 9.17) is 4.74 Å². The van der Waals surface area contributed by atoms with Crippen LogP contribution in [-0.2, 0) is 9.53 Å². The van der Waals surface area contributed by atoms with Crippen LogP contribution in [0.1, 0.15) is 83.5 Å². The van der Waals surface area contributed by atoms with Crippen molar-refractivity contribution in [1.82, 2.24) is 0 Å². The molecule has 1 N–H and O–H groups in total. The van der Waals surface area contributed by atoms with Gasteiger partial charge in [0, 0.05) is 0 Å². The van der Waals surface area contributed by atoms with Gasteiger partial charge in [0.2, 0.25) is 0 Å². The molecule has 0 saturated carbocycles. The van der Waals surface area contributed by atoms with E-state index >= 15 is 0 Å². The number of aliphatic hydroxyl groups is 1. The molecular formula is C16H30O3. The summed E-state index contributed by atoms with van der Waals surface area (Å²) in [5.41, 5.74) is 0. The highest BCUT2D eigenvalue weighted by molar-refractivity contribution is 5.74. The average Bonchev–Trinajstić information content (AvgIpc) is 2.41. The third-order valence-electron chi connectivity index (χ3n) is 3.89. The van der Waals surface area contributed by atoms with Crippen molar-refractivity contribution >= 4 is 5.97 Å². The van der Waals surface area contributed by atoms with Crippen molar-refractivity contribution in [3.05, 3.63) is 0 Å². The summed E-state index contributed by atoms with van der Waals surface area (Å²) in [6.45, 7) is 0.468. The van der Waals surface area contributed by atoms with Gasteiger partial charge in [-0.1, -0.05) is 70.6 Å². The number of cyclic esters (lactones) is 1. The lowest BCUT2D eigenvalue weighted by atomic mass is 10.0. The van der Waals surface area contributed by atoms with Gasteiger partial charge in [0.15, 0.2) is 6.10 Å². The molecule has 1 fully saturated rings. The molecule has 1 heterocycles. The molecule has 3 nitrogen and oxygen atoms in total. The number of carbonyl (C=O) groups is 1. The van der Waals surface area contributed by atoms with Gasteiger partial charge in [-0.3, -0.25) is 0 Å². The Balaban J connectivity index is 2.21. The van der Waals surface area contributed by atoms with Crippen LogP contribution in [0.5, 0.6) is 0 Å². The highest BCUT2D eigenvalue weighted by Crippen LogP contribution is 2.14. The number of esters is 1. The fraction of sp³-hybridized carbons (Fsp3) is 0.938. The molecule has 0 aromatic carbocycles. The second-order valence-electron chi connectivity index (χ2n) is 5.71. The Kier molecular flexibility index (Phi) is 9.78. The van der Waals surface area contributed by atoms with E-state index in [-0.39, 0.29) is 0 Å². The number of aliphatic hydroxyl groups excluding tert-OH is 1. The predicted octanol–water partition coefficient (Wildman–Crippen LogP) is 3.98. The summed E-state index contributed by atoms with van der Waals surface area (Å²) >= 11 is 0. The Hall–Kier alpha value is -0.570. The molecule has 1 aliphatic heterocycles. The van der Waals surface area contributed by atoms with Crippen LogP contribution in [-0.4, -0.2) is 23.8 Å². The fourth-order valence-corrected chi connectivity index (χ4v) is 2.59. The highest BCUT2D eigenvalue weighted by atomic mass is 16.5. The molecule has 0 amide bonds. The van der Waals surface area contributed by atoms with E-state index in [2.05, 4.69) is 0 Å². The van der Waals surface area contributed by atoms with Gasteiger partial charge in [-0.15, -0.1) is 0 Å². The molecule has 19 heavy (non-hydrogen) atoms. The molecule has 0 aromatic rings. The molecule has 1 saturated heterocycles. The van der Waals surface area contributed by atoms with E-state index < -0.39 is 12.1 Å². The van der Waals surface area contributed by atoms with E-state index in [1.807, 2.05) is 0 Å². The maximum absolute atomic E-state index is 11.5. The van der Waals surface area contributed by atoms with Crippen molar-refractivity contribution in [2.75, 3.05) is 6.61 Å². The van der Waals surface area contributed by atoms with E-state index in [1.165, 1.54) is 51.4 Å². The van der Waals surface area contributed by atoms with Crippen molar-refractivity contribution in [2.24, 2.45) is 0 Å². The standard InChI is InChI=1S/C16H30O3/c17-15-13-11-9-7-5-3-1-2-4-6-8-10-12-14-19-16(15)18/h15,17H,1-14H2. The Morgan fingerprint density at radius 3 is 1.68 bits per heavy atom. The Morgan fingerprint density at radius 2 is 1.16 bits per heavy atom. The van der Waals surface area contributed by atoms with E-state index in [0.29, 0.717) is 13.0 Å². The first kappa shape index (κ1) is 16.5. The van der Waals surface area contributed by atoms with Gasteiger partial charge in [-0.05, 0) is 12.8 Å². The summed E-state index contributed by atoms with van der Waals surface area (Å²) in [4.78, 5) is 11.5. The third-order valence-corrected chi connectivity index (χ3v) is 3.89. The molecule has 0 spiro atoms. The van der Waals surface area contributed by atoms with Crippen LogP contribution in [0.15, 0.2) is 0 Å². The Morgan fingerprint density at radius 1 is 0.737 bits per heavy atom. The first-order valence-corrected chi connectivity index (χ1v) is 8.15. The summed E-state index contributed by atoms with van der Waals surface area (Å²) in [6.07, 6.45) is 14.2. The molecule has 1 atom stereocenters. The van der Waals surface area contributed by atoms with Crippen LogP contribution in [0.25, 0.3) is 0 Å². The van der Waals surface area contributed by atoms with Crippen molar-refractivity contribution < 1.29 is 14.6 Å². The monoisotopic (exact) mass is 270 g/mol. The molecule has 0 radical (unpaired) electrons. The van der Waals surface area contributed by atoms with Crippen molar-refractivity contribution in [3.63, 3.8) is 0 Å². The van der Waals surface area contributed by atoms with Crippen LogP contribution < -0.4 is 0 Å². The largest absolute Gasteiger partial charge is 0.464 e. The second kappa shape index (κ2) is 11.3. The van der Waals surface area contributed by atoms with Crippen molar-refractivity contribution in [2.45, 2.75) is 89.6 Å². The fourth-order valence-electron chi connectivity index (χ4n) is 2.59. The summed E-state index contributed by atoms with van der Waals surface area (Å²) < 4.78 is 5.09. The van der Waals surface area contributed by atoms with Crippen molar-refractivity contribution in [1.29, 1.82) is 0 Å². The number of carbonyl (C=O) groups excluding carboxylic acids is 1. The quantitative estimate of drug-likeness (QED) is 0.677. The van der Waals surface area contributed by atoms with E-state index in [9.17, 15) is 9.90 Å². The van der Waals surface area contributed by atoms with Crippen LogP contribution in [0.4, 0.5) is 0 Å².